The van der Waals surface area contributed by atoms with Gasteiger partial charge in [0, 0.05) is 31.1 Å². The molecule has 4 saturated carbocycles. The SMILES string of the molecule is Cc1ccc(CN2CCOC(C(=O)NC3C4CC5CC3CC(C(N)=O)(C5)C4)C2)cc1. The summed E-state index contributed by atoms with van der Waals surface area (Å²) in [4.78, 5) is 27.5. The van der Waals surface area contributed by atoms with Gasteiger partial charge in [0.05, 0.1) is 6.61 Å². The largest absolute Gasteiger partial charge is 0.369 e. The number of carbonyl (C=O) groups excluding carboxylic acids is 2. The minimum absolute atomic E-state index is 0.00852. The molecule has 1 aromatic rings. The Morgan fingerprint density at radius 1 is 1.17 bits per heavy atom. The zero-order chi connectivity index (χ0) is 20.9. The average Bonchev–Trinajstić information content (AvgIpc) is 2.72. The van der Waals surface area contributed by atoms with Crippen LogP contribution in [-0.2, 0) is 20.9 Å². The molecule has 1 saturated heterocycles. The standard InChI is InChI=1S/C24H33N3O3/c1-15-2-4-16(5-3-15)13-27-6-7-30-20(14-27)22(28)26-21-18-8-17-9-19(21)12-24(10-17,11-18)23(25)29/h2-5,17-21H,6-14H2,1H3,(H2,25,29)(H,26,28). The van der Waals surface area contributed by atoms with E-state index in [1.165, 1.54) is 11.1 Å². The third-order valence-electron chi connectivity index (χ3n) is 8.07. The lowest BCUT2D eigenvalue weighted by Gasteiger charge is -2.59. The van der Waals surface area contributed by atoms with E-state index in [0.717, 1.165) is 45.2 Å². The molecule has 1 aromatic carbocycles. The highest BCUT2D eigenvalue weighted by molar-refractivity contribution is 5.83. The Morgan fingerprint density at radius 3 is 2.53 bits per heavy atom. The second-order valence-corrected chi connectivity index (χ2v) is 10.2. The number of benzene rings is 1. The van der Waals surface area contributed by atoms with Crippen molar-refractivity contribution in [2.24, 2.45) is 28.9 Å². The summed E-state index contributed by atoms with van der Waals surface area (Å²) in [5.74, 6) is 1.22. The monoisotopic (exact) mass is 411 g/mol. The average molecular weight is 412 g/mol. The van der Waals surface area contributed by atoms with E-state index >= 15 is 0 Å². The van der Waals surface area contributed by atoms with E-state index in [0.29, 0.717) is 30.9 Å². The van der Waals surface area contributed by atoms with Crippen molar-refractivity contribution in [2.45, 2.75) is 57.7 Å². The predicted molar refractivity (Wildman–Crippen MR) is 113 cm³/mol. The molecule has 3 unspecified atom stereocenters. The number of aryl methyl sites for hydroxylation is 1. The molecular weight excluding hydrogens is 378 g/mol. The van der Waals surface area contributed by atoms with Gasteiger partial charge in [-0.3, -0.25) is 14.5 Å². The molecule has 2 amide bonds. The summed E-state index contributed by atoms with van der Waals surface area (Å²) < 4.78 is 5.85. The van der Waals surface area contributed by atoms with Crippen molar-refractivity contribution in [1.82, 2.24) is 10.2 Å². The van der Waals surface area contributed by atoms with Crippen LogP contribution in [0.3, 0.4) is 0 Å². The van der Waals surface area contributed by atoms with Crippen LogP contribution in [0.4, 0.5) is 0 Å². The van der Waals surface area contributed by atoms with E-state index in [-0.39, 0.29) is 23.3 Å². The number of morpholine rings is 1. The molecule has 30 heavy (non-hydrogen) atoms. The third kappa shape index (κ3) is 3.65. The van der Waals surface area contributed by atoms with Crippen LogP contribution < -0.4 is 11.1 Å². The maximum Gasteiger partial charge on any atom is 0.250 e. The highest BCUT2D eigenvalue weighted by Crippen LogP contribution is 2.59. The van der Waals surface area contributed by atoms with Gasteiger partial charge in [0.15, 0.2) is 0 Å². The van der Waals surface area contributed by atoms with E-state index in [9.17, 15) is 9.59 Å². The van der Waals surface area contributed by atoms with Gasteiger partial charge in [0.1, 0.15) is 6.10 Å². The van der Waals surface area contributed by atoms with Crippen LogP contribution in [0, 0.1) is 30.1 Å². The van der Waals surface area contributed by atoms with Crippen molar-refractivity contribution in [3.05, 3.63) is 35.4 Å². The van der Waals surface area contributed by atoms with Gasteiger partial charge in [-0.2, -0.15) is 0 Å². The van der Waals surface area contributed by atoms with Crippen LogP contribution in [0.15, 0.2) is 24.3 Å². The van der Waals surface area contributed by atoms with E-state index in [1.807, 2.05) is 0 Å². The van der Waals surface area contributed by atoms with Crippen LogP contribution in [0.25, 0.3) is 0 Å². The maximum absolute atomic E-state index is 13.1. The van der Waals surface area contributed by atoms with Gasteiger partial charge in [-0.05, 0) is 62.3 Å². The first-order chi connectivity index (χ1) is 14.4. The lowest BCUT2D eigenvalue weighted by molar-refractivity contribution is -0.151. The number of carbonyl (C=O) groups is 2. The molecule has 1 aliphatic heterocycles. The van der Waals surface area contributed by atoms with Gasteiger partial charge in [-0.1, -0.05) is 29.8 Å². The molecule has 6 rings (SSSR count). The van der Waals surface area contributed by atoms with Crippen molar-refractivity contribution in [3.8, 4) is 0 Å². The molecule has 1 heterocycles. The zero-order valence-corrected chi connectivity index (χ0v) is 17.8. The lowest BCUT2D eigenvalue weighted by Crippen LogP contribution is -2.63. The molecule has 4 aliphatic carbocycles. The molecule has 0 aromatic heterocycles. The summed E-state index contributed by atoms with van der Waals surface area (Å²) in [6.45, 7) is 4.97. The first-order valence-corrected chi connectivity index (χ1v) is 11.4. The van der Waals surface area contributed by atoms with Gasteiger partial charge in [-0.15, -0.1) is 0 Å². The zero-order valence-electron chi connectivity index (χ0n) is 17.8. The topological polar surface area (TPSA) is 84.7 Å². The second kappa shape index (κ2) is 7.65. The Balaban J connectivity index is 1.20. The highest BCUT2D eigenvalue weighted by Gasteiger charge is 2.58. The number of primary amides is 1. The van der Waals surface area contributed by atoms with Crippen LogP contribution in [0.1, 0.15) is 43.2 Å². The van der Waals surface area contributed by atoms with Crippen molar-refractivity contribution in [2.75, 3.05) is 19.7 Å². The molecule has 0 radical (unpaired) electrons. The second-order valence-electron chi connectivity index (χ2n) is 10.2. The van der Waals surface area contributed by atoms with Gasteiger partial charge in [0.25, 0.3) is 5.91 Å². The Kier molecular flexibility index (Phi) is 5.10. The number of rotatable bonds is 5. The Bertz CT molecular complexity index is 807. The molecule has 4 bridgehead atoms. The number of nitrogens with zero attached hydrogens (tertiary/aromatic N) is 1. The Labute approximate surface area is 178 Å². The van der Waals surface area contributed by atoms with Crippen LogP contribution in [-0.4, -0.2) is 48.6 Å². The summed E-state index contributed by atoms with van der Waals surface area (Å²) in [6.07, 6.45) is 4.43. The van der Waals surface area contributed by atoms with E-state index < -0.39 is 6.10 Å². The van der Waals surface area contributed by atoms with Crippen molar-refractivity contribution in [1.29, 1.82) is 0 Å². The smallest absolute Gasteiger partial charge is 0.250 e. The van der Waals surface area contributed by atoms with E-state index in [2.05, 4.69) is 41.4 Å². The summed E-state index contributed by atoms with van der Waals surface area (Å²) in [5.41, 5.74) is 7.99. The molecule has 5 aliphatic rings. The van der Waals surface area contributed by atoms with Gasteiger partial charge in [-0.25, -0.2) is 0 Å². The van der Waals surface area contributed by atoms with Crippen molar-refractivity contribution in [3.63, 3.8) is 0 Å². The molecule has 0 spiro atoms. The number of hydrogen-bond donors (Lipinski definition) is 2. The Hall–Kier alpha value is -1.92. The number of amides is 2. The normalized spacial score (nSPS) is 37.8. The van der Waals surface area contributed by atoms with Gasteiger partial charge < -0.3 is 15.8 Å². The maximum atomic E-state index is 13.1. The lowest BCUT2D eigenvalue weighted by atomic mass is 9.47. The minimum atomic E-state index is -0.425. The fraction of sp³-hybridized carbons (Fsp3) is 0.667. The van der Waals surface area contributed by atoms with Gasteiger partial charge in [0.2, 0.25) is 5.91 Å². The van der Waals surface area contributed by atoms with Crippen molar-refractivity contribution >= 4 is 11.8 Å². The van der Waals surface area contributed by atoms with Crippen LogP contribution in [0.2, 0.25) is 0 Å². The highest BCUT2D eigenvalue weighted by atomic mass is 16.5. The quantitative estimate of drug-likeness (QED) is 0.776. The molecule has 6 nitrogen and oxygen atoms in total. The number of ether oxygens (including phenoxy) is 1. The fourth-order valence-corrected chi connectivity index (χ4v) is 6.78. The fourth-order valence-electron chi connectivity index (χ4n) is 6.78. The first-order valence-electron chi connectivity index (χ1n) is 11.4. The summed E-state index contributed by atoms with van der Waals surface area (Å²) >= 11 is 0. The third-order valence-corrected chi connectivity index (χ3v) is 8.07. The molecule has 5 fully saturated rings. The number of hydrogen-bond acceptors (Lipinski definition) is 4. The molecule has 3 N–H and O–H groups in total. The number of nitrogens with two attached hydrogens (primary N) is 1. The van der Waals surface area contributed by atoms with Crippen LogP contribution in [0.5, 0.6) is 0 Å². The molecule has 6 heteroatoms. The predicted octanol–water partition coefficient (Wildman–Crippen LogP) is 1.99. The number of nitrogens with one attached hydrogen (secondary N) is 1. The van der Waals surface area contributed by atoms with Gasteiger partial charge >= 0.3 is 0 Å². The minimum Gasteiger partial charge on any atom is -0.369 e. The van der Waals surface area contributed by atoms with Crippen molar-refractivity contribution < 1.29 is 14.3 Å². The molecular formula is C24H33N3O3. The first kappa shape index (κ1) is 20.0. The summed E-state index contributed by atoms with van der Waals surface area (Å²) in [7, 11) is 0. The van der Waals surface area contributed by atoms with E-state index in [4.69, 9.17) is 10.5 Å². The van der Waals surface area contributed by atoms with Crippen LogP contribution >= 0.6 is 0 Å². The summed E-state index contributed by atoms with van der Waals surface area (Å²) in [6, 6.07) is 8.74. The molecule has 3 atom stereocenters. The summed E-state index contributed by atoms with van der Waals surface area (Å²) in [5, 5.41) is 3.34. The Morgan fingerprint density at radius 2 is 1.87 bits per heavy atom. The molecule has 162 valence electrons. The van der Waals surface area contributed by atoms with E-state index in [1.54, 1.807) is 0 Å².